The minimum Gasteiger partial charge on any atom is -0.481 e. The first-order valence-corrected chi connectivity index (χ1v) is 6.88. The summed E-state index contributed by atoms with van der Waals surface area (Å²) in [5, 5.41) is 27.5. The molecular weight excluding hydrogens is 276 g/mol. The summed E-state index contributed by atoms with van der Waals surface area (Å²) >= 11 is 0. The maximum atomic E-state index is 11.8. The number of aromatic nitrogens is 4. The second kappa shape index (κ2) is 8.18. The number of rotatable bonds is 8. The van der Waals surface area contributed by atoms with Gasteiger partial charge in [-0.1, -0.05) is 19.1 Å². The smallest absolute Gasteiger partial charge is 0.315 e. The molecule has 0 fully saturated rings. The third-order valence-electron chi connectivity index (χ3n) is 2.92. The normalized spacial score (nSPS) is 13.7. The van der Waals surface area contributed by atoms with E-state index in [1.807, 2.05) is 13.8 Å². The van der Waals surface area contributed by atoms with Crippen molar-refractivity contribution >= 4 is 12.0 Å². The van der Waals surface area contributed by atoms with E-state index in [1.54, 1.807) is 6.92 Å². The molecule has 0 radical (unpaired) electrons. The van der Waals surface area contributed by atoms with Gasteiger partial charge in [0.2, 0.25) is 0 Å². The second-order valence-electron chi connectivity index (χ2n) is 5.44. The molecule has 0 aliphatic heterocycles. The van der Waals surface area contributed by atoms with E-state index >= 15 is 0 Å². The number of aliphatic carboxylic acids is 1. The maximum Gasteiger partial charge on any atom is 0.315 e. The minimum atomic E-state index is -0.858. The Morgan fingerprint density at radius 2 is 2.05 bits per heavy atom. The van der Waals surface area contributed by atoms with Crippen LogP contribution in [-0.2, 0) is 4.79 Å². The number of carboxylic acids is 1. The number of hydrogen-bond acceptors (Lipinski definition) is 5. The highest BCUT2D eigenvalue weighted by Crippen LogP contribution is 2.14. The highest BCUT2D eigenvalue weighted by molar-refractivity contribution is 5.74. The zero-order valence-corrected chi connectivity index (χ0v) is 12.5. The Labute approximate surface area is 122 Å². The molecule has 1 aromatic rings. The van der Waals surface area contributed by atoms with Crippen LogP contribution in [0.2, 0.25) is 0 Å². The van der Waals surface area contributed by atoms with E-state index in [0.29, 0.717) is 18.3 Å². The van der Waals surface area contributed by atoms with Crippen molar-refractivity contribution in [1.29, 1.82) is 0 Å². The molecule has 118 valence electrons. The van der Waals surface area contributed by atoms with Crippen LogP contribution in [0.25, 0.3) is 0 Å². The monoisotopic (exact) mass is 298 g/mol. The van der Waals surface area contributed by atoms with Crippen LogP contribution in [0.5, 0.6) is 0 Å². The van der Waals surface area contributed by atoms with Crippen LogP contribution in [0.15, 0.2) is 0 Å². The lowest BCUT2D eigenvalue weighted by molar-refractivity contribution is -0.138. The summed E-state index contributed by atoms with van der Waals surface area (Å²) in [7, 11) is 0. The summed E-state index contributed by atoms with van der Waals surface area (Å²) in [6.45, 7) is 6.09. The first kappa shape index (κ1) is 16.9. The highest BCUT2D eigenvalue weighted by atomic mass is 16.4. The molecule has 0 spiro atoms. The van der Waals surface area contributed by atoms with Gasteiger partial charge in [0, 0.05) is 13.0 Å². The first-order valence-electron chi connectivity index (χ1n) is 6.88. The van der Waals surface area contributed by atoms with Crippen molar-refractivity contribution in [3.63, 3.8) is 0 Å². The van der Waals surface area contributed by atoms with E-state index in [1.165, 1.54) is 0 Å². The van der Waals surface area contributed by atoms with Crippen molar-refractivity contribution < 1.29 is 14.7 Å². The van der Waals surface area contributed by atoms with E-state index in [9.17, 15) is 9.59 Å². The van der Waals surface area contributed by atoms with E-state index in [4.69, 9.17) is 5.11 Å². The van der Waals surface area contributed by atoms with Crippen LogP contribution in [0, 0.1) is 11.8 Å². The minimum absolute atomic E-state index is 0.0405. The molecule has 4 N–H and O–H groups in total. The Hall–Kier alpha value is -2.19. The number of amides is 2. The van der Waals surface area contributed by atoms with Gasteiger partial charge in [-0.15, -0.1) is 10.2 Å². The van der Waals surface area contributed by atoms with Gasteiger partial charge in [-0.05, 0) is 25.2 Å². The van der Waals surface area contributed by atoms with Crippen LogP contribution in [0.1, 0.15) is 45.5 Å². The molecule has 1 rings (SSSR count). The number of aromatic amines is 1. The third kappa shape index (κ3) is 6.68. The predicted octanol–water partition coefficient (Wildman–Crippen LogP) is 0.697. The molecule has 0 saturated carbocycles. The van der Waals surface area contributed by atoms with Crippen molar-refractivity contribution in [1.82, 2.24) is 31.3 Å². The molecule has 9 nitrogen and oxygen atoms in total. The number of carbonyl (C=O) groups is 2. The van der Waals surface area contributed by atoms with E-state index in [0.717, 1.165) is 6.42 Å². The number of carbonyl (C=O) groups excluding carboxylic acids is 1. The molecule has 1 aromatic heterocycles. The number of carboxylic acid groups (broad SMARTS) is 1. The number of urea groups is 1. The molecule has 0 bridgehead atoms. The van der Waals surface area contributed by atoms with Crippen LogP contribution >= 0.6 is 0 Å². The lowest BCUT2D eigenvalue weighted by atomic mass is 9.94. The topological polar surface area (TPSA) is 133 Å². The predicted molar refractivity (Wildman–Crippen MR) is 74.3 cm³/mol. The van der Waals surface area contributed by atoms with Gasteiger partial charge in [0.15, 0.2) is 5.82 Å². The molecule has 1 heterocycles. The van der Waals surface area contributed by atoms with Crippen molar-refractivity contribution in [3.05, 3.63) is 5.82 Å². The summed E-state index contributed by atoms with van der Waals surface area (Å²) in [5.74, 6) is -0.191. The fourth-order valence-electron chi connectivity index (χ4n) is 2.05. The number of tetrazole rings is 1. The first-order chi connectivity index (χ1) is 9.88. The molecular formula is C12H22N6O3. The number of nitrogens with zero attached hydrogens (tertiary/aromatic N) is 3. The van der Waals surface area contributed by atoms with Crippen LogP contribution in [-0.4, -0.2) is 44.3 Å². The maximum absolute atomic E-state index is 11.8. The standard InChI is InChI=1S/C12H22N6O3/c1-7(2)4-9(5-10(19)20)6-13-12(21)14-8(3)11-15-17-18-16-11/h7-9H,4-6H2,1-3H3,(H,19,20)(H2,13,14,21)(H,15,16,17,18)/t8?,9-/m0/s1. The van der Waals surface area contributed by atoms with Crippen molar-refractivity contribution in [2.45, 2.75) is 39.7 Å². The Morgan fingerprint density at radius 3 is 2.57 bits per heavy atom. The fourth-order valence-corrected chi connectivity index (χ4v) is 2.05. The summed E-state index contributed by atoms with van der Waals surface area (Å²) in [5.41, 5.74) is 0. The third-order valence-corrected chi connectivity index (χ3v) is 2.92. The van der Waals surface area contributed by atoms with Crippen LogP contribution in [0.4, 0.5) is 4.79 Å². The summed E-state index contributed by atoms with van der Waals surface area (Å²) in [6.07, 6.45) is 0.784. The number of nitrogens with one attached hydrogen (secondary N) is 3. The molecule has 2 amide bonds. The molecule has 0 aliphatic carbocycles. The highest BCUT2D eigenvalue weighted by Gasteiger charge is 2.17. The van der Waals surface area contributed by atoms with Gasteiger partial charge in [-0.3, -0.25) is 4.79 Å². The van der Waals surface area contributed by atoms with E-state index < -0.39 is 5.97 Å². The second-order valence-corrected chi connectivity index (χ2v) is 5.44. The van der Waals surface area contributed by atoms with Crippen molar-refractivity contribution in [2.24, 2.45) is 11.8 Å². The van der Waals surface area contributed by atoms with Gasteiger partial charge >= 0.3 is 12.0 Å². The quantitative estimate of drug-likeness (QED) is 0.558. The molecule has 0 aromatic carbocycles. The molecule has 0 saturated heterocycles. The molecule has 9 heteroatoms. The average Bonchev–Trinajstić information content (AvgIpc) is 2.88. The van der Waals surface area contributed by atoms with Gasteiger partial charge in [0.05, 0.1) is 6.04 Å². The summed E-state index contributed by atoms with van der Waals surface area (Å²) in [6, 6.07) is -0.766. The van der Waals surface area contributed by atoms with Gasteiger partial charge in [-0.2, -0.15) is 5.21 Å². The molecule has 21 heavy (non-hydrogen) atoms. The Morgan fingerprint density at radius 1 is 1.33 bits per heavy atom. The molecule has 1 unspecified atom stereocenters. The summed E-state index contributed by atoms with van der Waals surface area (Å²) < 4.78 is 0. The Balaban J connectivity index is 2.40. The van der Waals surface area contributed by atoms with Crippen LogP contribution < -0.4 is 10.6 Å². The van der Waals surface area contributed by atoms with E-state index in [-0.39, 0.29) is 24.4 Å². The van der Waals surface area contributed by atoms with Gasteiger partial charge in [0.1, 0.15) is 0 Å². The Bertz CT molecular complexity index is 448. The van der Waals surface area contributed by atoms with E-state index in [2.05, 4.69) is 31.3 Å². The molecule has 0 aliphatic rings. The number of hydrogen-bond donors (Lipinski definition) is 4. The largest absolute Gasteiger partial charge is 0.481 e. The molecule has 2 atom stereocenters. The Kier molecular flexibility index (Phi) is 6.57. The van der Waals surface area contributed by atoms with Gasteiger partial charge in [0.25, 0.3) is 0 Å². The van der Waals surface area contributed by atoms with Crippen molar-refractivity contribution in [3.8, 4) is 0 Å². The zero-order valence-electron chi connectivity index (χ0n) is 12.5. The number of H-pyrrole nitrogens is 1. The van der Waals surface area contributed by atoms with Gasteiger partial charge in [-0.25, -0.2) is 4.79 Å². The zero-order chi connectivity index (χ0) is 15.8. The summed E-state index contributed by atoms with van der Waals surface area (Å²) in [4.78, 5) is 22.6. The lowest BCUT2D eigenvalue weighted by Gasteiger charge is -2.18. The SMILES string of the molecule is CC(C)C[C@H](CNC(=O)NC(C)c1nn[nH]n1)CC(=O)O. The van der Waals surface area contributed by atoms with Gasteiger partial charge < -0.3 is 15.7 Å². The lowest BCUT2D eigenvalue weighted by Crippen LogP contribution is -2.40. The van der Waals surface area contributed by atoms with Crippen molar-refractivity contribution in [2.75, 3.05) is 6.54 Å². The fraction of sp³-hybridized carbons (Fsp3) is 0.750. The average molecular weight is 298 g/mol. The van der Waals surface area contributed by atoms with Crippen LogP contribution in [0.3, 0.4) is 0 Å².